The number of rotatable bonds is 4. The van der Waals surface area contributed by atoms with Crippen LogP contribution in [0, 0.1) is 0 Å². The number of hydrogen-bond donors (Lipinski definition) is 1. The molecule has 6 heteroatoms. The SMILES string of the molecule is I.NC(=NCc1ccc(Cn2ccccc2=O)cc1)N1CCCCCC1. The Bertz CT molecular complexity index is 762. The Hall–Kier alpha value is -1.83. The fourth-order valence-electron chi connectivity index (χ4n) is 3.11. The van der Waals surface area contributed by atoms with Crippen molar-refractivity contribution < 1.29 is 0 Å². The van der Waals surface area contributed by atoms with E-state index in [-0.39, 0.29) is 29.5 Å². The summed E-state index contributed by atoms with van der Waals surface area (Å²) >= 11 is 0. The zero-order chi connectivity index (χ0) is 17.5. The van der Waals surface area contributed by atoms with E-state index in [9.17, 15) is 4.79 Å². The number of benzene rings is 1. The van der Waals surface area contributed by atoms with Gasteiger partial charge in [0.1, 0.15) is 0 Å². The molecule has 2 heterocycles. The van der Waals surface area contributed by atoms with Crippen molar-refractivity contribution >= 4 is 29.9 Å². The minimum atomic E-state index is 0. The van der Waals surface area contributed by atoms with Crippen molar-refractivity contribution in [2.24, 2.45) is 10.7 Å². The largest absolute Gasteiger partial charge is 0.370 e. The lowest BCUT2D eigenvalue weighted by atomic mass is 10.1. The van der Waals surface area contributed by atoms with E-state index in [1.54, 1.807) is 16.7 Å². The third kappa shape index (κ3) is 5.86. The monoisotopic (exact) mass is 466 g/mol. The number of nitrogens with two attached hydrogens (primary N) is 1. The van der Waals surface area contributed by atoms with Crippen LogP contribution in [0.2, 0.25) is 0 Å². The zero-order valence-corrected chi connectivity index (χ0v) is 17.3. The number of aromatic nitrogens is 1. The molecule has 0 amide bonds. The molecule has 1 saturated heterocycles. The number of guanidine groups is 1. The fourth-order valence-corrected chi connectivity index (χ4v) is 3.11. The highest BCUT2D eigenvalue weighted by Gasteiger charge is 2.10. The number of halogens is 1. The first-order valence-electron chi connectivity index (χ1n) is 9.00. The molecule has 2 N–H and O–H groups in total. The number of hydrogen-bond acceptors (Lipinski definition) is 2. The molecule has 0 radical (unpaired) electrons. The maximum Gasteiger partial charge on any atom is 0.250 e. The summed E-state index contributed by atoms with van der Waals surface area (Å²) in [5, 5.41) is 0. The van der Waals surface area contributed by atoms with Crippen LogP contribution in [0.1, 0.15) is 36.8 Å². The zero-order valence-electron chi connectivity index (χ0n) is 15.0. The predicted octanol–water partition coefficient (Wildman–Crippen LogP) is 3.21. The number of aliphatic imine (C=N–C) groups is 1. The molecule has 26 heavy (non-hydrogen) atoms. The first kappa shape index (κ1) is 20.5. The highest BCUT2D eigenvalue weighted by atomic mass is 127. The van der Waals surface area contributed by atoms with E-state index in [1.807, 2.05) is 24.4 Å². The van der Waals surface area contributed by atoms with Crippen LogP contribution >= 0.6 is 24.0 Å². The molecule has 0 bridgehead atoms. The van der Waals surface area contributed by atoms with Gasteiger partial charge < -0.3 is 15.2 Å². The molecule has 0 aliphatic carbocycles. The topological polar surface area (TPSA) is 63.6 Å². The van der Waals surface area contributed by atoms with Gasteiger partial charge >= 0.3 is 0 Å². The van der Waals surface area contributed by atoms with Gasteiger partial charge in [-0.2, -0.15) is 0 Å². The normalized spacial score (nSPS) is 15.2. The lowest BCUT2D eigenvalue weighted by molar-refractivity contribution is 0.428. The smallest absolute Gasteiger partial charge is 0.250 e. The van der Waals surface area contributed by atoms with Crippen molar-refractivity contribution in [3.05, 3.63) is 70.1 Å². The summed E-state index contributed by atoms with van der Waals surface area (Å²) in [4.78, 5) is 18.5. The Labute approximate surface area is 171 Å². The Morgan fingerprint density at radius 1 is 0.962 bits per heavy atom. The van der Waals surface area contributed by atoms with E-state index < -0.39 is 0 Å². The minimum absolute atomic E-state index is 0. The van der Waals surface area contributed by atoms with Crippen molar-refractivity contribution in [1.29, 1.82) is 0 Å². The molecule has 1 fully saturated rings. The molecule has 0 atom stereocenters. The van der Waals surface area contributed by atoms with Crippen LogP contribution in [-0.2, 0) is 13.1 Å². The maximum atomic E-state index is 11.8. The van der Waals surface area contributed by atoms with Gasteiger partial charge in [0.25, 0.3) is 5.56 Å². The molecule has 3 rings (SSSR count). The lowest BCUT2D eigenvalue weighted by Crippen LogP contribution is -2.38. The second kappa shape index (κ2) is 10.4. The molecular weight excluding hydrogens is 439 g/mol. The average Bonchev–Trinajstić information content (AvgIpc) is 2.92. The summed E-state index contributed by atoms with van der Waals surface area (Å²) < 4.78 is 1.70. The third-order valence-electron chi connectivity index (χ3n) is 4.63. The van der Waals surface area contributed by atoms with Crippen LogP contribution in [0.5, 0.6) is 0 Å². The number of pyridine rings is 1. The van der Waals surface area contributed by atoms with Crippen LogP contribution in [0.15, 0.2) is 58.4 Å². The van der Waals surface area contributed by atoms with Crippen LogP contribution in [-0.4, -0.2) is 28.5 Å². The van der Waals surface area contributed by atoms with Gasteiger partial charge in [0, 0.05) is 25.4 Å². The first-order valence-corrected chi connectivity index (χ1v) is 9.00. The van der Waals surface area contributed by atoms with Crippen LogP contribution in [0.3, 0.4) is 0 Å². The van der Waals surface area contributed by atoms with Crippen molar-refractivity contribution in [1.82, 2.24) is 9.47 Å². The maximum absolute atomic E-state index is 11.8. The summed E-state index contributed by atoms with van der Waals surface area (Å²) in [5.74, 6) is 0.654. The van der Waals surface area contributed by atoms with Crippen LogP contribution in [0.4, 0.5) is 0 Å². The molecule has 0 spiro atoms. The summed E-state index contributed by atoms with van der Waals surface area (Å²) in [7, 11) is 0. The molecule has 5 nitrogen and oxygen atoms in total. The highest BCUT2D eigenvalue weighted by Crippen LogP contribution is 2.10. The van der Waals surface area contributed by atoms with E-state index in [0.717, 1.165) is 24.2 Å². The van der Waals surface area contributed by atoms with Gasteiger partial charge in [0.05, 0.1) is 13.1 Å². The highest BCUT2D eigenvalue weighted by molar-refractivity contribution is 14.0. The standard InChI is InChI=1S/C20H26N4O.HI/c21-20(23-12-4-1-2-5-13-23)22-15-17-8-10-18(11-9-17)16-24-14-6-3-7-19(24)25;/h3,6-11,14H,1-2,4-5,12-13,15-16H2,(H2,21,22);1H. The van der Waals surface area contributed by atoms with E-state index in [0.29, 0.717) is 19.0 Å². The quantitative estimate of drug-likeness (QED) is 0.428. The number of nitrogens with zero attached hydrogens (tertiary/aromatic N) is 3. The van der Waals surface area contributed by atoms with Gasteiger partial charge in [-0.1, -0.05) is 43.2 Å². The number of likely N-dealkylation sites (tertiary alicyclic amines) is 1. The molecule has 1 aliphatic heterocycles. The summed E-state index contributed by atoms with van der Waals surface area (Å²) in [6, 6.07) is 13.4. The van der Waals surface area contributed by atoms with E-state index in [4.69, 9.17) is 5.73 Å². The molecule has 0 unspecified atom stereocenters. The molecule has 1 aromatic carbocycles. The van der Waals surface area contributed by atoms with Crippen LogP contribution in [0.25, 0.3) is 0 Å². The van der Waals surface area contributed by atoms with Crippen molar-refractivity contribution in [2.45, 2.75) is 38.8 Å². The van der Waals surface area contributed by atoms with Crippen molar-refractivity contribution in [2.75, 3.05) is 13.1 Å². The Kier molecular flexibility index (Phi) is 8.15. The van der Waals surface area contributed by atoms with E-state index in [1.165, 1.54) is 25.7 Å². The van der Waals surface area contributed by atoms with Gasteiger partial charge in [0.15, 0.2) is 5.96 Å². The van der Waals surface area contributed by atoms with Crippen molar-refractivity contribution in [3.63, 3.8) is 0 Å². The van der Waals surface area contributed by atoms with Gasteiger partial charge in [-0.15, -0.1) is 24.0 Å². The average molecular weight is 466 g/mol. The molecule has 2 aromatic rings. The Balaban J connectivity index is 0.00000243. The predicted molar refractivity (Wildman–Crippen MR) is 117 cm³/mol. The second-order valence-electron chi connectivity index (χ2n) is 6.56. The minimum Gasteiger partial charge on any atom is -0.370 e. The molecule has 1 aromatic heterocycles. The summed E-state index contributed by atoms with van der Waals surface area (Å²) in [6.45, 7) is 3.20. The second-order valence-corrected chi connectivity index (χ2v) is 6.56. The lowest BCUT2D eigenvalue weighted by Gasteiger charge is -2.21. The van der Waals surface area contributed by atoms with E-state index in [2.05, 4.69) is 22.0 Å². The molecular formula is C20H27IN4O. The Morgan fingerprint density at radius 3 is 2.27 bits per heavy atom. The first-order chi connectivity index (χ1) is 12.2. The van der Waals surface area contributed by atoms with E-state index >= 15 is 0 Å². The molecule has 140 valence electrons. The van der Waals surface area contributed by atoms with Crippen LogP contribution < -0.4 is 11.3 Å². The Morgan fingerprint density at radius 2 is 1.62 bits per heavy atom. The van der Waals surface area contributed by atoms with Crippen molar-refractivity contribution in [3.8, 4) is 0 Å². The fraction of sp³-hybridized carbons (Fsp3) is 0.400. The third-order valence-corrected chi connectivity index (χ3v) is 4.63. The van der Waals surface area contributed by atoms with Gasteiger partial charge in [-0.05, 0) is 30.0 Å². The summed E-state index contributed by atoms with van der Waals surface area (Å²) in [5.41, 5.74) is 8.39. The molecule has 0 saturated carbocycles. The summed E-state index contributed by atoms with van der Waals surface area (Å²) in [6.07, 6.45) is 6.78. The van der Waals surface area contributed by atoms with Gasteiger partial charge in [0.2, 0.25) is 0 Å². The van der Waals surface area contributed by atoms with Gasteiger partial charge in [-0.3, -0.25) is 4.79 Å². The van der Waals surface area contributed by atoms with Gasteiger partial charge in [-0.25, -0.2) is 4.99 Å². The molecule has 1 aliphatic rings.